The Kier molecular flexibility index (Phi) is 2.88. The number of aliphatic hydroxyl groups excluding tert-OH is 1. The molecule has 16 heavy (non-hydrogen) atoms. The zero-order valence-corrected chi connectivity index (χ0v) is 9.09. The minimum Gasteiger partial charge on any atom is -0.392 e. The van der Waals surface area contributed by atoms with Crippen LogP contribution < -0.4 is 0 Å². The van der Waals surface area contributed by atoms with Gasteiger partial charge in [-0.3, -0.25) is 0 Å². The summed E-state index contributed by atoms with van der Waals surface area (Å²) in [5.41, 5.74) is 1.84. The van der Waals surface area contributed by atoms with E-state index in [-0.39, 0.29) is 6.42 Å². The van der Waals surface area contributed by atoms with E-state index in [1.165, 1.54) is 0 Å². The fraction of sp³-hybridized carbons (Fsp3) is 0.333. The quantitative estimate of drug-likeness (QED) is 0.843. The molecule has 1 heterocycles. The molecule has 1 aromatic heterocycles. The number of aromatic nitrogens is 2. The van der Waals surface area contributed by atoms with Crippen LogP contribution in [0.3, 0.4) is 0 Å². The molecule has 0 amide bonds. The summed E-state index contributed by atoms with van der Waals surface area (Å²) in [7, 11) is 0. The average molecular weight is 215 g/mol. The van der Waals surface area contributed by atoms with Gasteiger partial charge < -0.3 is 9.67 Å². The Hall–Kier alpha value is -1.86. The molecule has 4 nitrogen and oxygen atoms in total. The predicted molar refractivity (Wildman–Crippen MR) is 60.7 cm³/mol. The zero-order chi connectivity index (χ0) is 11.5. The van der Waals surface area contributed by atoms with Crippen LogP contribution in [0.2, 0.25) is 0 Å². The van der Waals surface area contributed by atoms with E-state index in [2.05, 4.69) is 11.1 Å². The summed E-state index contributed by atoms with van der Waals surface area (Å²) in [6.07, 6.45) is -0.184. The number of rotatable bonds is 3. The van der Waals surface area contributed by atoms with Gasteiger partial charge in [0.15, 0.2) is 0 Å². The number of nitriles is 1. The van der Waals surface area contributed by atoms with Crippen molar-refractivity contribution in [3.63, 3.8) is 0 Å². The molecule has 0 aliphatic rings. The first-order valence-corrected chi connectivity index (χ1v) is 5.21. The summed E-state index contributed by atoms with van der Waals surface area (Å²) < 4.78 is 1.91. The summed E-state index contributed by atoms with van der Waals surface area (Å²) in [5.74, 6) is 0.713. The largest absolute Gasteiger partial charge is 0.392 e. The lowest BCUT2D eigenvalue weighted by Gasteiger charge is -2.09. The Morgan fingerprint density at radius 1 is 1.50 bits per heavy atom. The number of para-hydroxylation sites is 2. The van der Waals surface area contributed by atoms with Gasteiger partial charge in [0.05, 0.1) is 36.2 Å². The van der Waals surface area contributed by atoms with Gasteiger partial charge in [0.2, 0.25) is 0 Å². The summed E-state index contributed by atoms with van der Waals surface area (Å²) >= 11 is 0. The highest BCUT2D eigenvalue weighted by molar-refractivity contribution is 5.75. The van der Waals surface area contributed by atoms with Gasteiger partial charge in [0, 0.05) is 0 Å². The Balaban J connectivity index is 2.56. The summed E-state index contributed by atoms with van der Waals surface area (Å²) in [6.45, 7) is 2.20. The van der Waals surface area contributed by atoms with Crippen LogP contribution in [0.25, 0.3) is 11.0 Å². The van der Waals surface area contributed by atoms with Crippen molar-refractivity contribution in [1.29, 1.82) is 5.26 Å². The fourth-order valence-corrected chi connectivity index (χ4v) is 1.80. The number of aliphatic hydroxyl groups is 1. The summed E-state index contributed by atoms with van der Waals surface area (Å²) in [4.78, 5) is 4.38. The van der Waals surface area contributed by atoms with Gasteiger partial charge in [-0.15, -0.1) is 0 Å². The molecule has 0 unspecified atom stereocenters. The van der Waals surface area contributed by atoms with Crippen molar-refractivity contribution in [2.24, 2.45) is 0 Å². The molecule has 0 fully saturated rings. The third-order valence-electron chi connectivity index (χ3n) is 2.42. The van der Waals surface area contributed by atoms with Gasteiger partial charge in [-0.25, -0.2) is 4.98 Å². The van der Waals surface area contributed by atoms with Gasteiger partial charge in [0.1, 0.15) is 5.82 Å². The van der Waals surface area contributed by atoms with Gasteiger partial charge in [0.25, 0.3) is 0 Å². The third-order valence-corrected chi connectivity index (χ3v) is 2.42. The second kappa shape index (κ2) is 4.33. The maximum absolute atomic E-state index is 9.44. The predicted octanol–water partition coefficient (Wildman–Crippen LogP) is 1.48. The van der Waals surface area contributed by atoms with Crippen molar-refractivity contribution >= 4 is 11.0 Å². The van der Waals surface area contributed by atoms with Crippen LogP contribution in [0.5, 0.6) is 0 Å². The fourth-order valence-electron chi connectivity index (χ4n) is 1.80. The number of hydrogen-bond donors (Lipinski definition) is 1. The van der Waals surface area contributed by atoms with Crippen LogP contribution in [-0.2, 0) is 13.0 Å². The molecule has 0 aliphatic carbocycles. The van der Waals surface area contributed by atoms with Crippen molar-refractivity contribution in [2.45, 2.75) is 26.0 Å². The van der Waals surface area contributed by atoms with Crippen molar-refractivity contribution in [3.05, 3.63) is 30.1 Å². The van der Waals surface area contributed by atoms with Crippen molar-refractivity contribution < 1.29 is 5.11 Å². The molecule has 0 saturated heterocycles. The molecule has 0 bridgehead atoms. The molecule has 0 spiro atoms. The Morgan fingerprint density at radius 2 is 2.25 bits per heavy atom. The van der Waals surface area contributed by atoms with Crippen molar-refractivity contribution in [1.82, 2.24) is 9.55 Å². The molecule has 0 radical (unpaired) electrons. The highest BCUT2D eigenvalue weighted by Gasteiger charge is 2.11. The van der Waals surface area contributed by atoms with Crippen LogP contribution in [0.15, 0.2) is 24.3 Å². The minimum absolute atomic E-state index is 0.265. The number of hydrogen-bond acceptors (Lipinski definition) is 3. The molecular formula is C12H13N3O. The smallest absolute Gasteiger partial charge is 0.124 e. The first-order chi connectivity index (χ1) is 7.72. The first-order valence-electron chi connectivity index (χ1n) is 5.21. The first kappa shape index (κ1) is 10.7. The second-order valence-electron chi connectivity index (χ2n) is 3.81. The molecule has 2 aromatic rings. The molecule has 2 rings (SSSR count). The highest BCUT2D eigenvalue weighted by atomic mass is 16.3. The Bertz CT molecular complexity index is 537. The lowest BCUT2D eigenvalue weighted by atomic mass is 10.3. The maximum atomic E-state index is 9.44. The number of benzene rings is 1. The van der Waals surface area contributed by atoms with Crippen LogP contribution >= 0.6 is 0 Å². The Morgan fingerprint density at radius 3 is 2.94 bits per heavy atom. The van der Waals surface area contributed by atoms with E-state index >= 15 is 0 Å². The lowest BCUT2D eigenvalue weighted by molar-refractivity contribution is 0.174. The monoisotopic (exact) mass is 215 g/mol. The molecule has 1 aromatic carbocycles. The number of nitrogens with zero attached hydrogens (tertiary/aromatic N) is 3. The van der Waals surface area contributed by atoms with E-state index < -0.39 is 6.10 Å². The van der Waals surface area contributed by atoms with E-state index in [4.69, 9.17) is 5.26 Å². The van der Waals surface area contributed by atoms with E-state index in [9.17, 15) is 5.11 Å². The topological polar surface area (TPSA) is 61.8 Å². The second-order valence-corrected chi connectivity index (χ2v) is 3.81. The average Bonchev–Trinajstić information content (AvgIpc) is 2.57. The lowest BCUT2D eigenvalue weighted by Crippen LogP contribution is -2.14. The third kappa shape index (κ3) is 1.90. The molecule has 0 aliphatic heterocycles. The standard InChI is InChI=1S/C12H13N3O/c1-9(16)8-15-11-5-3-2-4-10(11)14-12(15)6-7-13/h2-5,9,16H,6,8H2,1H3/t9-/m1/s1. The van der Waals surface area contributed by atoms with Crippen LogP contribution in [-0.4, -0.2) is 20.8 Å². The SMILES string of the molecule is C[C@@H](O)Cn1c(CC#N)nc2ccccc21. The molecule has 1 atom stereocenters. The van der Waals surface area contributed by atoms with Crippen LogP contribution in [0.4, 0.5) is 0 Å². The maximum Gasteiger partial charge on any atom is 0.124 e. The normalized spacial score (nSPS) is 12.6. The Labute approximate surface area is 93.8 Å². The zero-order valence-electron chi connectivity index (χ0n) is 9.09. The molecule has 82 valence electrons. The molecule has 1 N–H and O–H groups in total. The van der Waals surface area contributed by atoms with E-state index in [1.807, 2.05) is 28.8 Å². The molecular weight excluding hydrogens is 202 g/mol. The molecule has 4 heteroatoms. The van der Waals surface area contributed by atoms with Gasteiger partial charge in [-0.2, -0.15) is 5.26 Å². The van der Waals surface area contributed by atoms with Gasteiger partial charge >= 0.3 is 0 Å². The van der Waals surface area contributed by atoms with Crippen LogP contribution in [0.1, 0.15) is 12.7 Å². The van der Waals surface area contributed by atoms with Crippen molar-refractivity contribution in [2.75, 3.05) is 0 Å². The van der Waals surface area contributed by atoms with E-state index in [0.29, 0.717) is 12.4 Å². The number of fused-ring (bicyclic) bond motifs is 1. The van der Waals surface area contributed by atoms with Crippen LogP contribution in [0, 0.1) is 11.3 Å². The summed E-state index contributed by atoms with van der Waals surface area (Å²) in [6, 6.07) is 9.80. The molecule has 0 saturated carbocycles. The number of imidazole rings is 1. The van der Waals surface area contributed by atoms with E-state index in [1.54, 1.807) is 6.92 Å². The highest BCUT2D eigenvalue weighted by Crippen LogP contribution is 2.16. The van der Waals surface area contributed by atoms with Gasteiger partial charge in [-0.05, 0) is 19.1 Å². The van der Waals surface area contributed by atoms with Gasteiger partial charge in [-0.1, -0.05) is 12.1 Å². The minimum atomic E-state index is -0.449. The summed E-state index contributed by atoms with van der Waals surface area (Å²) in [5, 5.41) is 18.2. The van der Waals surface area contributed by atoms with Crippen molar-refractivity contribution in [3.8, 4) is 6.07 Å². The van der Waals surface area contributed by atoms with E-state index in [0.717, 1.165) is 11.0 Å².